The minimum atomic E-state index is -0.0157. The molecule has 1 saturated heterocycles. The van der Waals surface area contributed by atoms with E-state index in [1.807, 2.05) is 0 Å². The maximum absolute atomic E-state index is 5.80. The van der Waals surface area contributed by atoms with Crippen molar-refractivity contribution in [3.63, 3.8) is 0 Å². The summed E-state index contributed by atoms with van der Waals surface area (Å²) >= 11 is 0. The second-order valence-electron chi connectivity index (χ2n) is 6.25. The summed E-state index contributed by atoms with van der Waals surface area (Å²) < 4.78 is 5.80. The van der Waals surface area contributed by atoms with Crippen LogP contribution in [0.25, 0.3) is 0 Å². The number of hydrogen-bond donors (Lipinski definition) is 1. The van der Waals surface area contributed by atoms with Gasteiger partial charge in [-0.3, -0.25) is 0 Å². The zero-order valence-electron chi connectivity index (χ0n) is 13.0. The van der Waals surface area contributed by atoms with Gasteiger partial charge in [0, 0.05) is 25.7 Å². The van der Waals surface area contributed by atoms with Gasteiger partial charge in [-0.1, -0.05) is 13.8 Å². The van der Waals surface area contributed by atoms with E-state index in [4.69, 9.17) is 4.74 Å². The molecule has 3 heteroatoms. The van der Waals surface area contributed by atoms with Gasteiger partial charge in [-0.05, 0) is 52.6 Å². The molecule has 0 aromatic carbocycles. The van der Waals surface area contributed by atoms with Crippen molar-refractivity contribution in [1.29, 1.82) is 0 Å². The first kappa shape index (κ1) is 15.9. The van der Waals surface area contributed by atoms with Crippen molar-refractivity contribution < 1.29 is 4.74 Å². The first-order chi connectivity index (χ1) is 8.48. The van der Waals surface area contributed by atoms with Crippen molar-refractivity contribution in [3.05, 3.63) is 0 Å². The van der Waals surface area contributed by atoms with Crippen LogP contribution in [-0.2, 0) is 4.74 Å². The van der Waals surface area contributed by atoms with E-state index in [2.05, 4.69) is 44.8 Å². The van der Waals surface area contributed by atoms with Crippen LogP contribution in [0.5, 0.6) is 0 Å². The van der Waals surface area contributed by atoms with Crippen molar-refractivity contribution >= 4 is 0 Å². The van der Waals surface area contributed by atoms with Gasteiger partial charge < -0.3 is 15.0 Å². The van der Waals surface area contributed by atoms with E-state index < -0.39 is 0 Å². The van der Waals surface area contributed by atoms with E-state index in [1.54, 1.807) is 0 Å². The van der Waals surface area contributed by atoms with Gasteiger partial charge in [-0.25, -0.2) is 0 Å². The topological polar surface area (TPSA) is 24.5 Å². The van der Waals surface area contributed by atoms with E-state index in [9.17, 15) is 0 Å². The van der Waals surface area contributed by atoms with Crippen LogP contribution < -0.4 is 5.32 Å². The molecule has 0 aliphatic carbocycles. The van der Waals surface area contributed by atoms with Crippen LogP contribution in [0.4, 0.5) is 0 Å². The number of nitrogens with one attached hydrogen (secondary N) is 1. The Bertz CT molecular complexity index is 231. The predicted octanol–water partition coefficient (Wildman–Crippen LogP) is 2.51. The molecular weight excluding hydrogens is 224 g/mol. The third-order valence-corrected chi connectivity index (χ3v) is 3.79. The Balaban J connectivity index is 2.36. The van der Waals surface area contributed by atoms with E-state index in [0.29, 0.717) is 6.04 Å². The first-order valence-electron chi connectivity index (χ1n) is 7.58. The largest absolute Gasteiger partial charge is 0.375 e. The average molecular weight is 256 g/mol. The molecule has 1 heterocycles. The second kappa shape index (κ2) is 7.46. The summed E-state index contributed by atoms with van der Waals surface area (Å²) in [4.78, 5) is 2.56. The van der Waals surface area contributed by atoms with Gasteiger partial charge in [0.15, 0.2) is 0 Å². The fourth-order valence-corrected chi connectivity index (χ4v) is 2.98. The molecule has 0 saturated carbocycles. The Morgan fingerprint density at radius 2 is 2.06 bits per heavy atom. The van der Waals surface area contributed by atoms with E-state index in [1.165, 1.54) is 25.9 Å². The molecule has 3 nitrogen and oxygen atoms in total. The van der Waals surface area contributed by atoms with Crippen LogP contribution in [0.2, 0.25) is 0 Å². The zero-order chi connectivity index (χ0) is 13.6. The smallest absolute Gasteiger partial charge is 0.0752 e. The highest BCUT2D eigenvalue weighted by Gasteiger charge is 2.29. The molecule has 0 amide bonds. The molecule has 1 aliphatic rings. The molecule has 1 aliphatic heterocycles. The minimum Gasteiger partial charge on any atom is -0.375 e. The van der Waals surface area contributed by atoms with Crippen molar-refractivity contribution in [2.24, 2.45) is 5.92 Å². The molecule has 0 aromatic heterocycles. The Morgan fingerprint density at radius 1 is 1.33 bits per heavy atom. The van der Waals surface area contributed by atoms with Gasteiger partial charge in [-0.15, -0.1) is 0 Å². The first-order valence-corrected chi connectivity index (χ1v) is 7.58. The quantitative estimate of drug-likeness (QED) is 0.757. The molecular formula is C15H32N2O. The molecule has 1 rings (SSSR count). The van der Waals surface area contributed by atoms with E-state index in [-0.39, 0.29) is 5.60 Å². The Morgan fingerprint density at radius 3 is 2.61 bits per heavy atom. The predicted molar refractivity (Wildman–Crippen MR) is 78.0 cm³/mol. The standard InChI is InChI=1S/C15H32N2O/c1-6-9-16-14-8-10-17(11-13(14)3)12-15(4,5)18-7-2/h13-14,16H,6-12H2,1-5H3. The number of piperidine rings is 1. The Kier molecular flexibility index (Phi) is 6.61. The van der Waals surface area contributed by atoms with Crippen LogP contribution in [-0.4, -0.2) is 49.3 Å². The second-order valence-corrected chi connectivity index (χ2v) is 6.25. The fraction of sp³-hybridized carbons (Fsp3) is 1.00. The monoisotopic (exact) mass is 256 g/mol. The minimum absolute atomic E-state index is 0.0157. The van der Waals surface area contributed by atoms with Crippen LogP contribution in [0.3, 0.4) is 0 Å². The number of likely N-dealkylation sites (tertiary alicyclic amines) is 1. The van der Waals surface area contributed by atoms with Crippen molar-refractivity contribution in [2.45, 2.75) is 59.1 Å². The van der Waals surface area contributed by atoms with Crippen LogP contribution >= 0.6 is 0 Å². The normalized spacial score (nSPS) is 26.5. The molecule has 0 spiro atoms. The molecule has 0 aromatic rings. The summed E-state index contributed by atoms with van der Waals surface area (Å²) in [5.41, 5.74) is -0.0157. The molecule has 0 bridgehead atoms. The molecule has 2 unspecified atom stereocenters. The Hall–Kier alpha value is -0.120. The maximum Gasteiger partial charge on any atom is 0.0752 e. The van der Waals surface area contributed by atoms with Gasteiger partial charge >= 0.3 is 0 Å². The lowest BCUT2D eigenvalue weighted by atomic mass is 9.92. The average Bonchev–Trinajstić information content (AvgIpc) is 2.27. The number of hydrogen-bond acceptors (Lipinski definition) is 3. The number of ether oxygens (including phenoxy) is 1. The van der Waals surface area contributed by atoms with Crippen LogP contribution in [0.15, 0.2) is 0 Å². The van der Waals surface area contributed by atoms with Gasteiger partial charge in [0.2, 0.25) is 0 Å². The summed E-state index contributed by atoms with van der Waals surface area (Å²) in [6, 6.07) is 0.705. The fourth-order valence-electron chi connectivity index (χ4n) is 2.98. The van der Waals surface area contributed by atoms with Crippen LogP contribution in [0, 0.1) is 5.92 Å². The summed E-state index contributed by atoms with van der Waals surface area (Å²) in [7, 11) is 0. The molecule has 18 heavy (non-hydrogen) atoms. The third-order valence-electron chi connectivity index (χ3n) is 3.79. The van der Waals surface area contributed by atoms with Crippen molar-refractivity contribution in [3.8, 4) is 0 Å². The van der Waals surface area contributed by atoms with Gasteiger partial charge in [0.25, 0.3) is 0 Å². The summed E-state index contributed by atoms with van der Waals surface area (Å²) in [6.45, 7) is 16.5. The highest BCUT2D eigenvalue weighted by atomic mass is 16.5. The molecule has 108 valence electrons. The molecule has 2 atom stereocenters. The summed E-state index contributed by atoms with van der Waals surface area (Å²) in [5, 5.41) is 3.67. The van der Waals surface area contributed by atoms with Crippen molar-refractivity contribution in [1.82, 2.24) is 10.2 Å². The zero-order valence-corrected chi connectivity index (χ0v) is 13.0. The third kappa shape index (κ3) is 5.25. The lowest BCUT2D eigenvalue weighted by molar-refractivity contribution is -0.0422. The highest BCUT2D eigenvalue weighted by Crippen LogP contribution is 2.20. The van der Waals surface area contributed by atoms with Crippen LogP contribution in [0.1, 0.15) is 47.5 Å². The highest BCUT2D eigenvalue weighted by molar-refractivity contribution is 4.85. The lowest BCUT2D eigenvalue weighted by Crippen LogP contribution is -2.52. The van der Waals surface area contributed by atoms with Crippen molar-refractivity contribution in [2.75, 3.05) is 32.8 Å². The van der Waals surface area contributed by atoms with Gasteiger partial charge in [0.1, 0.15) is 0 Å². The molecule has 1 fully saturated rings. The van der Waals surface area contributed by atoms with Gasteiger partial charge in [-0.2, -0.15) is 0 Å². The molecule has 0 radical (unpaired) electrons. The summed E-state index contributed by atoms with van der Waals surface area (Å²) in [6.07, 6.45) is 2.49. The van der Waals surface area contributed by atoms with E-state index >= 15 is 0 Å². The number of rotatable bonds is 7. The lowest BCUT2D eigenvalue weighted by Gasteiger charge is -2.40. The Labute approximate surface area is 113 Å². The maximum atomic E-state index is 5.80. The number of nitrogens with zero attached hydrogens (tertiary/aromatic N) is 1. The van der Waals surface area contributed by atoms with Gasteiger partial charge in [0.05, 0.1) is 5.60 Å². The van der Waals surface area contributed by atoms with E-state index in [0.717, 1.165) is 25.6 Å². The molecule has 1 N–H and O–H groups in total. The SMILES string of the molecule is CCCNC1CCN(CC(C)(C)OCC)CC1C. The summed E-state index contributed by atoms with van der Waals surface area (Å²) in [5.74, 6) is 0.739.